The highest BCUT2D eigenvalue weighted by Gasteiger charge is 2.14. The van der Waals surface area contributed by atoms with E-state index in [4.69, 9.17) is 5.73 Å². The van der Waals surface area contributed by atoms with E-state index in [1.807, 2.05) is 42.1 Å². The summed E-state index contributed by atoms with van der Waals surface area (Å²) >= 11 is 0. The average molecular weight is 267 g/mol. The van der Waals surface area contributed by atoms with Crippen LogP contribution in [-0.4, -0.2) is 19.7 Å². The first-order chi connectivity index (χ1) is 9.70. The molecule has 0 bridgehead atoms. The smallest absolute Gasteiger partial charge is 0.150 e. The van der Waals surface area contributed by atoms with E-state index in [1.165, 1.54) is 0 Å². The van der Waals surface area contributed by atoms with Crippen LogP contribution in [0, 0.1) is 6.92 Å². The molecule has 5 heteroatoms. The molecule has 2 N–H and O–H groups in total. The summed E-state index contributed by atoms with van der Waals surface area (Å²) in [6, 6.07) is 7.73. The summed E-state index contributed by atoms with van der Waals surface area (Å²) in [6.07, 6.45) is 2.86. The monoisotopic (exact) mass is 267 g/mol. The van der Waals surface area contributed by atoms with Crippen molar-refractivity contribution in [3.63, 3.8) is 0 Å². The van der Waals surface area contributed by atoms with Crippen LogP contribution >= 0.6 is 0 Å². The first-order valence-corrected chi connectivity index (χ1v) is 6.75. The molecule has 0 fully saturated rings. The number of fused-ring (bicyclic) bond motifs is 1. The Bertz CT molecular complexity index is 760. The Morgan fingerprint density at radius 1 is 1.15 bits per heavy atom. The fourth-order valence-electron chi connectivity index (χ4n) is 2.33. The van der Waals surface area contributed by atoms with Crippen molar-refractivity contribution < 1.29 is 0 Å². The normalized spacial score (nSPS) is 11.1. The Balaban J connectivity index is 2.16. The SMILES string of the molecule is CCCn1ncc(-c2nc3ccccc3nc2N)c1C. The van der Waals surface area contributed by atoms with Crippen LogP contribution in [0.15, 0.2) is 30.5 Å². The Labute approximate surface area is 117 Å². The number of nitrogen functional groups attached to an aromatic ring is 1. The van der Waals surface area contributed by atoms with E-state index in [1.54, 1.807) is 0 Å². The number of para-hydroxylation sites is 2. The van der Waals surface area contributed by atoms with E-state index in [2.05, 4.69) is 22.0 Å². The number of benzene rings is 1. The van der Waals surface area contributed by atoms with Crippen LogP contribution in [0.25, 0.3) is 22.3 Å². The molecule has 102 valence electrons. The molecular weight excluding hydrogens is 250 g/mol. The predicted molar refractivity (Wildman–Crippen MR) is 80.2 cm³/mol. The molecule has 0 unspecified atom stereocenters. The van der Waals surface area contributed by atoms with E-state index in [0.29, 0.717) is 11.5 Å². The van der Waals surface area contributed by atoms with Gasteiger partial charge in [-0.15, -0.1) is 0 Å². The molecule has 0 radical (unpaired) electrons. The quantitative estimate of drug-likeness (QED) is 0.792. The number of nitrogens with zero attached hydrogens (tertiary/aromatic N) is 4. The maximum Gasteiger partial charge on any atom is 0.150 e. The summed E-state index contributed by atoms with van der Waals surface area (Å²) in [6.45, 7) is 5.06. The second-order valence-electron chi connectivity index (χ2n) is 4.81. The molecule has 2 aromatic heterocycles. The Kier molecular flexibility index (Phi) is 3.10. The van der Waals surface area contributed by atoms with Gasteiger partial charge in [0, 0.05) is 17.8 Å². The van der Waals surface area contributed by atoms with Crippen LogP contribution in [0.3, 0.4) is 0 Å². The number of hydrogen-bond donors (Lipinski definition) is 1. The van der Waals surface area contributed by atoms with E-state index in [9.17, 15) is 0 Å². The van der Waals surface area contributed by atoms with Crippen LogP contribution in [0.5, 0.6) is 0 Å². The molecule has 3 rings (SSSR count). The number of hydrogen-bond acceptors (Lipinski definition) is 4. The van der Waals surface area contributed by atoms with Crippen molar-refractivity contribution in [1.82, 2.24) is 19.7 Å². The summed E-state index contributed by atoms with van der Waals surface area (Å²) in [7, 11) is 0. The van der Waals surface area contributed by atoms with Crippen molar-refractivity contribution in [2.24, 2.45) is 0 Å². The molecule has 0 amide bonds. The molecule has 0 saturated carbocycles. The van der Waals surface area contributed by atoms with E-state index in [0.717, 1.165) is 35.3 Å². The molecule has 2 heterocycles. The Morgan fingerprint density at radius 2 is 1.85 bits per heavy atom. The van der Waals surface area contributed by atoms with Gasteiger partial charge in [0.15, 0.2) is 5.82 Å². The van der Waals surface area contributed by atoms with E-state index < -0.39 is 0 Å². The van der Waals surface area contributed by atoms with Crippen molar-refractivity contribution in [3.8, 4) is 11.3 Å². The summed E-state index contributed by atoms with van der Waals surface area (Å²) in [5.74, 6) is 0.447. The third-order valence-corrected chi connectivity index (χ3v) is 3.39. The van der Waals surface area contributed by atoms with Crippen molar-refractivity contribution in [1.29, 1.82) is 0 Å². The van der Waals surface area contributed by atoms with Gasteiger partial charge in [-0.25, -0.2) is 9.97 Å². The molecule has 0 saturated heterocycles. The largest absolute Gasteiger partial charge is 0.382 e. The fraction of sp³-hybridized carbons (Fsp3) is 0.267. The molecule has 0 atom stereocenters. The summed E-state index contributed by atoms with van der Waals surface area (Å²) < 4.78 is 1.98. The minimum atomic E-state index is 0.447. The van der Waals surface area contributed by atoms with Crippen molar-refractivity contribution in [2.75, 3.05) is 5.73 Å². The number of aromatic nitrogens is 4. The molecule has 5 nitrogen and oxygen atoms in total. The highest BCUT2D eigenvalue weighted by Crippen LogP contribution is 2.27. The van der Waals surface area contributed by atoms with Crippen LogP contribution in [0.4, 0.5) is 5.82 Å². The lowest BCUT2D eigenvalue weighted by Crippen LogP contribution is -2.02. The van der Waals surface area contributed by atoms with Gasteiger partial charge in [-0.3, -0.25) is 4.68 Å². The Hall–Kier alpha value is -2.43. The number of aryl methyl sites for hydroxylation is 1. The fourth-order valence-corrected chi connectivity index (χ4v) is 2.33. The van der Waals surface area contributed by atoms with Gasteiger partial charge in [-0.2, -0.15) is 5.10 Å². The highest BCUT2D eigenvalue weighted by atomic mass is 15.3. The lowest BCUT2D eigenvalue weighted by atomic mass is 10.1. The molecule has 1 aromatic carbocycles. The number of nitrogens with two attached hydrogens (primary N) is 1. The van der Waals surface area contributed by atoms with Crippen molar-refractivity contribution >= 4 is 16.9 Å². The van der Waals surface area contributed by atoms with Crippen LogP contribution in [-0.2, 0) is 6.54 Å². The standard InChI is InChI=1S/C15H17N5/c1-3-8-20-10(2)11(9-17-20)14-15(16)19-13-7-5-4-6-12(13)18-14/h4-7,9H,3,8H2,1-2H3,(H2,16,19). The lowest BCUT2D eigenvalue weighted by Gasteiger charge is -2.07. The van der Waals surface area contributed by atoms with Crippen LogP contribution < -0.4 is 5.73 Å². The zero-order chi connectivity index (χ0) is 14.1. The summed E-state index contributed by atoms with van der Waals surface area (Å²) in [5.41, 5.74) is 10.5. The van der Waals surface area contributed by atoms with Gasteiger partial charge < -0.3 is 5.73 Å². The molecule has 0 aliphatic rings. The first-order valence-electron chi connectivity index (χ1n) is 6.75. The second-order valence-corrected chi connectivity index (χ2v) is 4.81. The lowest BCUT2D eigenvalue weighted by molar-refractivity contribution is 0.587. The minimum Gasteiger partial charge on any atom is -0.382 e. The minimum absolute atomic E-state index is 0.447. The topological polar surface area (TPSA) is 69.6 Å². The van der Waals surface area contributed by atoms with Crippen molar-refractivity contribution in [3.05, 3.63) is 36.2 Å². The summed E-state index contributed by atoms with van der Waals surface area (Å²) in [5, 5.41) is 4.40. The highest BCUT2D eigenvalue weighted by molar-refractivity contribution is 5.82. The maximum absolute atomic E-state index is 6.06. The number of rotatable bonds is 3. The Morgan fingerprint density at radius 3 is 2.55 bits per heavy atom. The van der Waals surface area contributed by atoms with Gasteiger partial charge in [0.05, 0.1) is 17.2 Å². The van der Waals surface area contributed by atoms with Gasteiger partial charge in [0.25, 0.3) is 0 Å². The predicted octanol–water partition coefficient (Wildman–Crippen LogP) is 2.79. The van der Waals surface area contributed by atoms with Gasteiger partial charge in [0.2, 0.25) is 0 Å². The van der Waals surface area contributed by atoms with Gasteiger partial charge in [0.1, 0.15) is 5.69 Å². The third kappa shape index (κ3) is 2.01. The number of anilines is 1. The summed E-state index contributed by atoms with van der Waals surface area (Å²) in [4.78, 5) is 9.07. The van der Waals surface area contributed by atoms with Gasteiger partial charge in [-0.1, -0.05) is 19.1 Å². The van der Waals surface area contributed by atoms with E-state index in [-0.39, 0.29) is 0 Å². The molecule has 3 aromatic rings. The van der Waals surface area contributed by atoms with Crippen LogP contribution in [0.2, 0.25) is 0 Å². The van der Waals surface area contributed by atoms with Crippen molar-refractivity contribution in [2.45, 2.75) is 26.8 Å². The third-order valence-electron chi connectivity index (χ3n) is 3.39. The zero-order valence-electron chi connectivity index (χ0n) is 11.7. The van der Waals surface area contributed by atoms with Crippen LogP contribution in [0.1, 0.15) is 19.0 Å². The molecular formula is C15H17N5. The van der Waals surface area contributed by atoms with Gasteiger partial charge >= 0.3 is 0 Å². The molecule has 0 aliphatic heterocycles. The first kappa shape index (κ1) is 12.6. The van der Waals surface area contributed by atoms with Gasteiger partial charge in [-0.05, 0) is 25.5 Å². The molecule has 0 aliphatic carbocycles. The molecule has 0 spiro atoms. The maximum atomic E-state index is 6.06. The van der Waals surface area contributed by atoms with E-state index >= 15 is 0 Å². The molecule has 20 heavy (non-hydrogen) atoms. The average Bonchev–Trinajstić information content (AvgIpc) is 2.80. The second kappa shape index (κ2) is 4.92. The zero-order valence-corrected chi connectivity index (χ0v) is 11.7.